The Morgan fingerprint density at radius 3 is 2.41 bits per heavy atom. The van der Waals surface area contributed by atoms with Crippen LogP contribution in [-0.2, 0) is 6.18 Å². The summed E-state index contributed by atoms with van der Waals surface area (Å²) in [7, 11) is 0. The molecule has 0 amide bonds. The minimum Gasteiger partial charge on any atom is -0.506 e. The molecule has 2 fully saturated rings. The summed E-state index contributed by atoms with van der Waals surface area (Å²) in [6.45, 7) is 2.92. The Balaban J connectivity index is 2.08. The van der Waals surface area contributed by atoms with E-state index in [9.17, 15) is 18.3 Å². The molecule has 0 radical (unpaired) electrons. The summed E-state index contributed by atoms with van der Waals surface area (Å²) in [5.41, 5.74) is -0.685. The number of rotatable bonds is 3. The lowest BCUT2D eigenvalue weighted by Gasteiger charge is -2.37. The molecule has 1 saturated carbocycles. The maximum atomic E-state index is 13.4. The van der Waals surface area contributed by atoms with Gasteiger partial charge >= 0.3 is 6.18 Å². The number of phenolic OH excluding ortho intramolecular Hbond substituents is 1. The van der Waals surface area contributed by atoms with Crippen molar-refractivity contribution in [2.45, 2.75) is 25.1 Å². The maximum Gasteiger partial charge on any atom is 0.416 e. The molecule has 2 N–H and O–H groups in total. The van der Waals surface area contributed by atoms with E-state index in [4.69, 9.17) is 0 Å². The predicted molar refractivity (Wildman–Crippen MR) is 80.7 cm³/mol. The summed E-state index contributed by atoms with van der Waals surface area (Å²) < 4.78 is 40.6. The SMILES string of the molecule is Oc1c(Br)ccc(C(F)(F)F)c1[C@@H](C1CC1)N1CCNCC1. The third-order valence-electron chi connectivity index (χ3n) is 4.38. The summed E-state index contributed by atoms with van der Waals surface area (Å²) in [4.78, 5) is 2.07. The molecule has 1 atom stereocenters. The first kappa shape index (κ1) is 16.1. The van der Waals surface area contributed by atoms with Crippen molar-refractivity contribution in [3.05, 3.63) is 27.7 Å². The van der Waals surface area contributed by atoms with E-state index in [1.54, 1.807) is 0 Å². The Hall–Kier alpha value is -0.790. The molecule has 7 heteroatoms. The fourth-order valence-electron chi connectivity index (χ4n) is 3.22. The zero-order valence-corrected chi connectivity index (χ0v) is 13.5. The molecule has 1 aromatic rings. The van der Waals surface area contributed by atoms with Gasteiger partial charge in [-0.15, -0.1) is 0 Å². The highest BCUT2D eigenvalue weighted by Crippen LogP contribution is 2.51. The van der Waals surface area contributed by atoms with Crippen LogP contribution < -0.4 is 5.32 Å². The second-order valence-corrected chi connectivity index (χ2v) is 6.78. The van der Waals surface area contributed by atoms with Crippen molar-refractivity contribution in [2.75, 3.05) is 26.2 Å². The van der Waals surface area contributed by atoms with E-state index in [1.807, 2.05) is 0 Å². The van der Waals surface area contributed by atoms with E-state index >= 15 is 0 Å². The first-order valence-corrected chi connectivity index (χ1v) is 8.22. The smallest absolute Gasteiger partial charge is 0.416 e. The molecule has 1 aliphatic heterocycles. The number of benzene rings is 1. The van der Waals surface area contributed by atoms with Gasteiger partial charge < -0.3 is 10.4 Å². The Bertz CT molecular complexity index is 554. The molecule has 0 unspecified atom stereocenters. The van der Waals surface area contributed by atoms with Gasteiger partial charge in [-0.05, 0) is 46.8 Å². The molecule has 3 rings (SSSR count). The Morgan fingerprint density at radius 1 is 1.23 bits per heavy atom. The van der Waals surface area contributed by atoms with Crippen molar-refractivity contribution in [3.63, 3.8) is 0 Å². The number of piperazine rings is 1. The molecule has 1 aromatic carbocycles. The fraction of sp³-hybridized carbons (Fsp3) is 0.600. The molecule has 1 aliphatic carbocycles. The summed E-state index contributed by atoms with van der Waals surface area (Å²) in [5, 5.41) is 13.5. The summed E-state index contributed by atoms with van der Waals surface area (Å²) >= 11 is 3.16. The molecule has 0 aromatic heterocycles. The molecule has 0 spiro atoms. The number of aromatic hydroxyl groups is 1. The van der Waals surface area contributed by atoms with Crippen LogP contribution in [0.4, 0.5) is 13.2 Å². The second kappa shape index (κ2) is 6.02. The van der Waals surface area contributed by atoms with Crippen LogP contribution in [-0.4, -0.2) is 36.2 Å². The van der Waals surface area contributed by atoms with E-state index < -0.39 is 11.7 Å². The first-order valence-electron chi connectivity index (χ1n) is 7.43. The topological polar surface area (TPSA) is 35.5 Å². The average Bonchev–Trinajstić information content (AvgIpc) is 3.28. The van der Waals surface area contributed by atoms with Gasteiger partial charge in [0.05, 0.1) is 10.0 Å². The van der Waals surface area contributed by atoms with Gasteiger partial charge in [-0.1, -0.05) is 0 Å². The van der Waals surface area contributed by atoms with Crippen molar-refractivity contribution >= 4 is 15.9 Å². The third-order valence-corrected chi connectivity index (χ3v) is 5.02. The van der Waals surface area contributed by atoms with Gasteiger partial charge in [0.25, 0.3) is 0 Å². The maximum absolute atomic E-state index is 13.4. The summed E-state index contributed by atoms with van der Waals surface area (Å²) in [5.74, 6) is -0.0790. The molecule has 122 valence electrons. The second-order valence-electron chi connectivity index (χ2n) is 5.92. The summed E-state index contributed by atoms with van der Waals surface area (Å²) in [6, 6.07) is 1.97. The van der Waals surface area contributed by atoms with Crippen LogP contribution in [0, 0.1) is 5.92 Å². The molecular formula is C15H18BrF3N2O. The number of halogens is 4. The molecule has 1 heterocycles. The van der Waals surface area contributed by atoms with Crippen LogP contribution in [0.15, 0.2) is 16.6 Å². The van der Waals surface area contributed by atoms with Crippen molar-refractivity contribution in [1.29, 1.82) is 0 Å². The van der Waals surface area contributed by atoms with Gasteiger partial charge in [0.15, 0.2) is 0 Å². The lowest BCUT2D eigenvalue weighted by molar-refractivity contribution is -0.139. The average molecular weight is 379 g/mol. The largest absolute Gasteiger partial charge is 0.506 e. The minimum atomic E-state index is -4.46. The van der Waals surface area contributed by atoms with Crippen molar-refractivity contribution < 1.29 is 18.3 Å². The number of alkyl halides is 3. The van der Waals surface area contributed by atoms with E-state index in [0.29, 0.717) is 17.6 Å². The highest BCUT2D eigenvalue weighted by molar-refractivity contribution is 9.10. The minimum absolute atomic E-state index is 0.0336. The Labute approximate surface area is 135 Å². The van der Waals surface area contributed by atoms with E-state index in [1.165, 1.54) is 6.07 Å². The van der Waals surface area contributed by atoms with Crippen molar-refractivity contribution in [1.82, 2.24) is 10.2 Å². The van der Waals surface area contributed by atoms with Crippen LogP contribution in [0.25, 0.3) is 0 Å². The Morgan fingerprint density at radius 2 is 1.86 bits per heavy atom. The van der Waals surface area contributed by atoms with Crippen molar-refractivity contribution in [3.8, 4) is 5.75 Å². The highest BCUT2D eigenvalue weighted by Gasteiger charge is 2.44. The van der Waals surface area contributed by atoms with Gasteiger partial charge in [0, 0.05) is 37.8 Å². The molecule has 2 aliphatic rings. The van der Waals surface area contributed by atoms with E-state index in [-0.39, 0.29) is 23.3 Å². The van der Waals surface area contributed by atoms with Crippen LogP contribution in [0.1, 0.15) is 30.0 Å². The molecule has 1 saturated heterocycles. The van der Waals surface area contributed by atoms with Gasteiger partial charge in [-0.3, -0.25) is 4.90 Å². The monoisotopic (exact) mass is 378 g/mol. The molecule has 22 heavy (non-hydrogen) atoms. The fourth-order valence-corrected chi connectivity index (χ4v) is 3.56. The van der Waals surface area contributed by atoms with Crippen LogP contribution in [0.5, 0.6) is 5.75 Å². The highest BCUT2D eigenvalue weighted by atomic mass is 79.9. The van der Waals surface area contributed by atoms with Gasteiger partial charge in [0.1, 0.15) is 5.75 Å². The number of phenols is 1. The predicted octanol–water partition coefficient (Wildman–Crippen LogP) is 3.53. The van der Waals surface area contributed by atoms with Gasteiger partial charge in [-0.25, -0.2) is 0 Å². The van der Waals surface area contributed by atoms with Gasteiger partial charge in [-0.2, -0.15) is 13.2 Å². The van der Waals surface area contributed by atoms with Crippen molar-refractivity contribution in [2.24, 2.45) is 5.92 Å². The quantitative estimate of drug-likeness (QED) is 0.844. The third kappa shape index (κ3) is 3.12. The molecular weight excluding hydrogens is 361 g/mol. The van der Waals surface area contributed by atoms with Crippen LogP contribution >= 0.6 is 15.9 Å². The zero-order chi connectivity index (χ0) is 15.9. The standard InChI is InChI=1S/C15H18BrF3N2O/c16-11-4-3-10(15(17,18)19)12(14(11)22)13(9-1-2-9)21-7-5-20-6-8-21/h3-4,9,13,20,22H,1-2,5-8H2/t13-/m1/s1. The Kier molecular flexibility index (Phi) is 4.40. The lowest BCUT2D eigenvalue weighted by atomic mass is 9.93. The first-order chi connectivity index (χ1) is 10.4. The zero-order valence-electron chi connectivity index (χ0n) is 12.0. The lowest BCUT2D eigenvalue weighted by Crippen LogP contribution is -2.46. The van der Waals surface area contributed by atoms with Crippen LogP contribution in [0.3, 0.4) is 0 Å². The van der Waals surface area contributed by atoms with E-state index in [2.05, 4.69) is 26.1 Å². The summed E-state index contributed by atoms with van der Waals surface area (Å²) in [6.07, 6.45) is -2.63. The number of nitrogens with zero attached hydrogens (tertiary/aromatic N) is 1. The van der Waals surface area contributed by atoms with Crippen LogP contribution in [0.2, 0.25) is 0 Å². The molecule has 0 bridgehead atoms. The van der Waals surface area contributed by atoms with Gasteiger partial charge in [0.2, 0.25) is 0 Å². The van der Waals surface area contributed by atoms with E-state index in [0.717, 1.165) is 32.0 Å². The number of hydrogen-bond donors (Lipinski definition) is 2. The molecule has 3 nitrogen and oxygen atoms in total. The number of nitrogens with one attached hydrogen (secondary N) is 1. The normalized spacial score (nSPS) is 21.8. The number of hydrogen-bond acceptors (Lipinski definition) is 3.